The molecule has 0 saturated carbocycles. The number of furan rings is 1. The van der Waals surface area contributed by atoms with Crippen molar-refractivity contribution in [2.75, 3.05) is 0 Å². The first-order valence-electron chi connectivity index (χ1n) is 7.07. The summed E-state index contributed by atoms with van der Waals surface area (Å²) in [5.41, 5.74) is 0.517. The third-order valence-corrected chi connectivity index (χ3v) is 4.04. The molecule has 25 heavy (non-hydrogen) atoms. The van der Waals surface area contributed by atoms with E-state index in [9.17, 15) is 19.7 Å². The molecule has 0 radical (unpaired) electrons. The maximum Gasteiger partial charge on any atom is 0.286 e. The molecular formula is C16H11N3O5S. The number of amides is 2. The molecule has 0 unspecified atom stereocenters. The Morgan fingerprint density at radius 3 is 2.88 bits per heavy atom. The maximum absolute atomic E-state index is 11.8. The highest BCUT2D eigenvalue weighted by molar-refractivity contribution is 8.18. The van der Waals surface area contributed by atoms with Crippen LogP contribution in [-0.2, 0) is 9.59 Å². The van der Waals surface area contributed by atoms with E-state index in [0.29, 0.717) is 22.0 Å². The minimum Gasteiger partial charge on any atom is -0.457 e. The molecule has 0 atom stereocenters. The van der Waals surface area contributed by atoms with Crippen molar-refractivity contribution in [2.45, 2.75) is 6.92 Å². The molecule has 8 nitrogen and oxygen atoms in total. The number of non-ortho nitro benzene ring substituents is 1. The van der Waals surface area contributed by atoms with Crippen molar-refractivity contribution in [3.05, 3.63) is 57.2 Å². The van der Waals surface area contributed by atoms with E-state index in [-0.39, 0.29) is 16.8 Å². The first-order valence-corrected chi connectivity index (χ1v) is 7.89. The summed E-state index contributed by atoms with van der Waals surface area (Å²) in [4.78, 5) is 37.2. The minimum atomic E-state index is -0.482. The number of carbonyl (C=O) groups is 2. The molecule has 1 aromatic heterocycles. The largest absolute Gasteiger partial charge is 0.457 e. The summed E-state index contributed by atoms with van der Waals surface area (Å²) < 4.78 is 5.63. The number of thioether (sulfide) groups is 1. The molecule has 3 rings (SSSR count). The van der Waals surface area contributed by atoms with Gasteiger partial charge in [-0.15, -0.1) is 0 Å². The Bertz CT molecular complexity index is 945. The highest BCUT2D eigenvalue weighted by Gasteiger charge is 2.23. The number of amidine groups is 1. The first kappa shape index (κ1) is 16.7. The van der Waals surface area contributed by atoms with Gasteiger partial charge in [0.2, 0.25) is 5.91 Å². The highest BCUT2D eigenvalue weighted by Crippen LogP contribution is 2.30. The molecule has 0 fully saturated rings. The van der Waals surface area contributed by atoms with Crippen LogP contribution in [-0.4, -0.2) is 21.9 Å². The number of carbonyl (C=O) groups excluding carboxylic acids is 2. The average Bonchev–Trinajstić information content (AvgIpc) is 3.14. The normalized spacial score (nSPS) is 15.3. The number of aliphatic imine (C=N–C) groups is 1. The molecule has 1 N–H and O–H groups in total. The van der Waals surface area contributed by atoms with Gasteiger partial charge < -0.3 is 9.73 Å². The number of nitrogens with zero attached hydrogens (tertiary/aromatic N) is 2. The zero-order chi connectivity index (χ0) is 18.0. The second kappa shape index (κ2) is 6.73. The summed E-state index contributed by atoms with van der Waals surface area (Å²) in [5, 5.41) is 13.5. The van der Waals surface area contributed by atoms with Crippen molar-refractivity contribution in [3.63, 3.8) is 0 Å². The monoisotopic (exact) mass is 357 g/mol. The second-order valence-electron chi connectivity index (χ2n) is 5.02. The van der Waals surface area contributed by atoms with Crippen molar-refractivity contribution in [1.29, 1.82) is 0 Å². The van der Waals surface area contributed by atoms with Crippen LogP contribution in [0.1, 0.15) is 12.7 Å². The third-order valence-electron chi connectivity index (χ3n) is 3.15. The van der Waals surface area contributed by atoms with E-state index in [0.717, 1.165) is 11.8 Å². The van der Waals surface area contributed by atoms with Crippen LogP contribution >= 0.6 is 11.8 Å². The van der Waals surface area contributed by atoms with Gasteiger partial charge in [-0.1, -0.05) is 12.1 Å². The summed E-state index contributed by atoms with van der Waals surface area (Å²) >= 11 is 1.03. The Morgan fingerprint density at radius 2 is 2.16 bits per heavy atom. The van der Waals surface area contributed by atoms with Gasteiger partial charge in [-0.25, -0.2) is 0 Å². The molecular weight excluding hydrogens is 346 g/mol. The molecule has 0 saturated heterocycles. The Hall–Kier alpha value is -3.20. The van der Waals surface area contributed by atoms with E-state index in [4.69, 9.17) is 4.42 Å². The number of hydrogen-bond donors (Lipinski definition) is 1. The summed E-state index contributed by atoms with van der Waals surface area (Å²) in [7, 11) is 0. The Balaban J connectivity index is 1.81. The van der Waals surface area contributed by atoms with E-state index < -0.39 is 10.8 Å². The van der Waals surface area contributed by atoms with Gasteiger partial charge in [-0.2, -0.15) is 4.99 Å². The molecule has 2 amide bonds. The lowest BCUT2D eigenvalue weighted by Crippen LogP contribution is -2.23. The average molecular weight is 357 g/mol. The standard InChI is InChI=1S/C16H11N3O5S/c1-9(20)17-16-18-15(21)14(25-16)8-12-5-6-13(24-12)10-3-2-4-11(7-10)19(22)23/h2-8H,1H3,(H,17,18,20,21). The molecule has 2 heterocycles. The number of nitro benzene ring substituents is 1. The topological polar surface area (TPSA) is 115 Å². The number of hydrogen-bond acceptors (Lipinski definition) is 6. The van der Waals surface area contributed by atoms with Gasteiger partial charge in [-0.3, -0.25) is 19.7 Å². The molecule has 1 aliphatic heterocycles. The van der Waals surface area contributed by atoms with Crippen LogP contribution in [0, 0.1) is 10.1 Å². The lowest BCUT2D eigenvalue weighted by Gasteiger charge is -1.98. The van der Waals surface area contributed by atoms with E-state index >= 15 is 0 Å². The van der Waals surface area contributed by atoms with Gasteiger partial charge in [-0.05, 0) is 23.9 Å². The summed E-state index contributed by atoms with van der Waals surface area (Å²) in [6.45, 7) is 1.33. The Morgan fingerprint density at radius 1 is 1.36 bits per heavy atom. The van der Waals surface area contributed by atoms with Crippen molar-refractivity contribution >= 4 is 40.5 Å². The van der Waals surface area contributed by atoms with Crippen LogP contribution in [0.4, 0.5) is 5.69 Å². The van der Waals surface area contributed by atoms with Gasteiger partial charge in [0.25, 0.3) is 11.6 Å². The van der Waals surface area contributed by atoms with Crippen LogP contribution in [0.15, 0.2) is 50.7 Å². The lowest BCUT2D eigenvalue weighted by molar-refractivity contribution is -0.384. The van der Waals surface area contributed by atoms with Gasteiger partial charge in [0, 0.05) is 30.7 Å². The fourth-order valence-electron chi connectivity index (χ4n) is 2.10. The Labute approximate surface area is 145 Å². The number of rotatable bonds is 3. The van der Waals surface area contributed by atoms with Crippen molar-refractivity contribution in [2.24, 2.45) is 4.99 Å². The van der Waals surface area contributed by atoms with Crippen LogP contribution in [0.5, 0.6) is 0 Å². The van der Waals surface area contributed by atoms with E-state index in [1.165, 1.54) is 25.1 Å². The maximum atomic E-state index is 11.8. The van der Waals surface area contributed by atoms with Gasteiger partial charge in [0.1, 0.15) is 11.5 Å². The zero-order valence-corrected chi connectivity index (χ0v) is 13.7. The van der Waals surface area contributed by atoms with E-state index in [2.05, 4.69) is 10.3 Å². The molecule has 0 bridgehead atoms. The van der Waals surface area contributed by atoms with Gasteiger partial charge in [0.05, 0.1) is 9.83 Å². The molecule has 126 valence electrons. The van der Waals surface area contributed by atoms with E-state index in [1.54, 1.807) is 24.3 Å². The fourth-order valence-corrected chi connectivity index (χ4v) is 2.94. The summed E-state index contributed by atoms with van der Waals surface area (Å²) in [6, 6.07) is 9.36. The van der Waals surface area contributed by atoms with Crippen LogP contribution in [0.3, 0.4) is 0 Å². The third kappa shape index (κ3) is 3.83. The molecule has 1 aromatic carbocycles. The van der Waals surface area contributed by atoms with Crippen LogP contribution in [0.2, 0.25) is 0 Å². The quantitative estimate of drug-likeness (QED) is 0.513. The Kier molecular flexibility index (Phi) is 4.48. The number of benzene rings is 1. The SMILES string of the molecule is CC(=O)NC1=NC(=O)C(=Cc2ccc(-c3cccc([N+](=O)[O-])c3)o2)S1. The molecule has 2 aromatic rings. The second-order valence-corrected chi connectivity index (χ2v) is 6.05. The summed E-state index contributed by atoms with van der Waals surface area (Å²) in [6.07, 6.45) is 1.51. The highest BCUT2D eigenvalue weighted by atomic mass is 32.2. The smallest absolute Gasteiger partial charge is 0.286 e. The van der Waals surface area contributed by atoms with Gasteiger partial charge in [0.15, 0.2) is 5.17 Å². The first-order chi connectivity index (χ1) is 11.9. The summed E-state index contributed by atoms with van der Waals surface area (Å²) in [5.74, 6) is 0.0546. The molecule has 9 heteroatoms. The lowest BCUT2D eigenvalue weighted by atomic mass is 10.1. The van der Waals surface area contributed by atoms with Crippen LogP contribution in [0.25, 0.3) is 17.4 Å². The van der Waals surface area contributed by atoms with Gasteiger partial charge >= 0.3 is 0 Å². The molecule has 1 aliphatic rings. The predicted octanol–water partition coefficient (Wildman–Crippen LogP) is 2.96. The fraction of sp³-hybridized carbons (Fsp3) is 0.0625. The number of nitrogens with one attached hydrogen (secondary N) is 1. The predicted molar refractivity (Wildman–Crippen MR) is 92.6 cm³/mol. The van der Waals surface area contributed by atoms with Crippen molar-refractivity contribution in [3.8, 4) is 11.3 Å². The van der Waals surface area contributed by atoms with Crippen molar-refractivity contribution < 1.29 is 18.9 Å². The number of nitro groups is 1. The van der Waals surface area contributed by atoms with Crippen molar-refractivity contribution in [1.82, 2.24) is 5.32 Å². The molecule has 0 spiro atoms. The zero-order valence-electron chi connectivity index (χ0n) is 12.9. The van der Waals surface area contributed by atoms with E-state index in [1.807, 2.05) is 0 Å². The molecule has 0 aliphatic carbocycles. The minimum absolute atomic E-state index is 0.0383. The van der Waals surface area contributed by atoms with Crippen LogP contribution < -0.4 is 5.32 Å².